The largest absolute Gasteiger partial charge is 0.497 e. The highest BCUT2D eigenvalue weighted by molar-refractivity contribution is 7.80. The molecule has 1 atom stereocenters. The van der Waals surface area contributed by atoms with Crippen molar-refractivity contribution in [2.24, 2.45) is 5.73 Å². The molecule has 6 nitrogen and oxygen atoms in total. The molecule has 7 heteroatoms. The van der Waals surface area contributed by atoms with Crippen LogP contribution in [0.3, 0.4) is 0 Å². The van der Waals surface area contributed by atoms with Gasteiger partial charge in [-0.05, 0) is 12.1 Å². The van der Waals surface area contributed by atoms with Gasteiger partial charge in [0.05, 0.1) is 20.3 Å². The number of carbonyl (C=O) groups is 1. The summed E-state index contributed by atoms with van der Waals surface area (Å²) in [5.74, 6) is 0.611. The maximum absolute atomic E-state index is 12.1. The van der Waals surface area contributed by atoms with Gasteiger partial charge in [0.2, 0.25) is 5.91 Å². The van der Waals surface area contributed by atoms with Crippen LogP contribution in [0.15, 0.2) is 24.3 Å². The summed E-state index contributed by atoms with van der Waals surface area (Å²) in [5.41, 5.74) is 6.29. The van der Waals surface area contributed by atoms with Crippen LogP contribution in [0.25, 0.3) is 0 Å². The minimum absolute atomic E-state index is 0.0909. The van der Waals surface area contributed by atoms with Crippen molar-refractivity contribution in [1.82, 2.24) is 4.90 Å². The predicted octanol–water partition coefficient (Wildman–Crippen LogP) is 0.621. The first kappa shape index (κ1) is 15.7. The molecule has 0 spiro atoms. The van der Waals surface area contributed by atoms with E-state index in [1.54, 1.807) is 13.2 Å². The lowest BCUT2D eigenvalue weighted by Crippen LogP contribution is -2.49. The van der Waals surface area contributed by atoms with Crippen molar-refractivity contribution < 1.29 is 14.3 Å². The second-order valence-corrected chi connectivity index (χ2v) is 5.25. The highest BCUT2D eigenvalue weighted by atomic mass is 32.1. The van der Waals surface area contributed by atoms with Crippen molar-refractivity contribution in [2.45, 2.75) is 6.10 Å². The van der Waals surface area contributed by atoms with E-state index in [9.17, 15) is 4.79 Å². The number of carbonyl (C=O) groups excluding carboxylic acids is 1. The molecule has 21 heavy (non-hydrogen) atoms. The summed E-state index contributed by atoms with van der Waals surface area (Å²) in [6.07, 6.45) is -0.279. The molecule has 114 valence electrons. The second-order valence-electron chi connectivity index (χ2n) is 4.78. The van der Waals surface area contributed by atoms with Crippen LogP contribution in [-0.2, 0) is 9.53 Å². The molecule has 0 bridgehead atoms. The van der Waals surface area contributed by atoms with Crippen molar-refractivity contribution >= 4 is 28.8 Å². The quantitative estimate of drug-likeness (QED) is 0.777. The van der Waals surface area contributed by atoms with E-state index in [1.165, 1.54) is 0 Å². The molecule has 1 saturated heterocycles. The van der Waals surface area contributed by atoms with Crippen LogP contribution in [0.5, 0.6) is 5.75 Å². The van der Waals surface area contributed by atoms with Crippen molar-refractivity contribution in [1.29, 1.82) is 0 Å². The number of hydrogen-bond acceptors (Lipinski definition) is 5. The van der Waals surface area contributed by atoms with Gasteiger partial charge in [0, 0.05) is 24.8 Å². The first-order chi connectivity index (χ1) is 10.1. The normalized spacial score (nSPS) is 19.0. The summed E-state index contributed by atoms with van der Waals surface area (Å²) in [7, 11) is 1.59. The van der Waals surface area contributed by atoms with Gasteiger partial charge >= 0.3 is 0 Å². The van der Waals surface area contributed by atoms with Gasteiger partial charge in [-0.1, -0.05) is 18.3 Å². The Bertz CT molecular complexity index is 524. The number of methoxy groups -OCH3 is 1. The zero-order valence-corrected chi connectivity index (χ0v) is 12.7. The lowest BCUT2D eigenvalue weighted by atomic mass is 10.2. The standard InChI is InChI=1S/C14H19N3O3S/c1-19-11-4-2-3-10(7-11)16-13(18)9-17-5-6-20-12(8-17)14(15)21/h2-4,7,12H,5-6,8-9H2,1H3,(H2,15,21)(H,16,18). The molecule has 1 aliphatic heterocycles. The minimum atomic E-state index is -0.279. The van der Waals surface area contributed by atoms with Crippen LogP contribution in [0.1, 0.15) is 0 Å². The fourth-order valence-corrected chi connectivity index (χ4v) is 2.27. The fourth-order valence-electron chi connectivity index (χ4n) is 2.12. The fraction of sp³-hybridized carbons (Fsp3) is 0.429. The van der Waals surface area contributed by atoms with E-state index in [2.05, 4.69) is 5.32 Å². The summed E-state index contributed by atoms with van der Waals surface area (Å²) in [4.78, 5) is 14.4. The molecule has 1 aliphatic rings. The Morgan fingerprint density at radius 1 is 1.62 bits per heavy atom. The van der Waals surface area contributed by atoms with Gasteiger partial charge in [-0.15, -0.1) is 0 Å². The second kappa shape index (κ2) is 7.35. The van der Waals surface area contributed by atoms with Crippen LogP contribution in [0.2, 0.25) is 0 Å². The van der Waals surface area contributed by atoms with E-state index in [4.69, 9.17) is 27.4 Å². The zero-order chi connectivity index (χ0) is 15.2. The van der Waals surface area contributed by atoms with E-state index in [0.717, 1.165) is 0 Å². The first-order valence-corrected chi connectivity index (χ1v) is 7.06. The maximum Gasteiger partial charge on any atom is 0.238 e. The molecular weight excluding hydrogens is 290 g/mol. The van der Waals surface area contributed by atoms with E-state index >= 15 is 0 Å². The van der Waals surface area contributed by atoms with Gasteiger partial charge in [-0.25, -0.2) is 0 Å². The average molecular weight is 309 g/mol. The highest BCUT2D eigenvalue weighted by Gasteiger charge is 2.23. The van der Waals surface area contributed by atoms with E-state index in [1.807, 2.05) is 23.1 Å². The Morgan fingerprint density at radius 3 is 3.14 bits per heavy atom. The van der Waals surface area contributed by atoms with E-state index < -0.39 is 0 Å². The maximum atomic E-state index is 12.1. The SMILES string of the molecule is COc1cccc(NC(=O)CN2CCOC(C(N)=S)C2)c1. The van der Waals surface area contributed by atoms with Gasteiger partial charge in [-0.3, -0.25) is 9.69 Å². The number of thiocarbonyl (C=S) groups is 1. The lowest BCUT2D eigenvalue weighted by Gasteiger charge is -2.31. The van der Waals surface area contributed by atoms with Crippen LogP contribution in [0.4, 0.5) is 5.69 Å². The van der Waals surface area contributed by atoms with Gasteiger partial charge in [0.1, 0.15) is 16.8 Å². The number of nitrogens with zero attached hydrogens (tertiary/aromatic N) is 1. The monoisotopic (exact) mass is 309 g/mol. The molecule has 1 amide bonds. The van der Waals surface area contributed by atoms with Crippen LogP contribution >= 0.6 is 12.2 Å². The van der Waals surface area contributed by atoms with Crippen LogP contribution < -0.4 is 15.8 Å². The molecule has 0 saturated carbocycles. The highest BCUT2D eigenvalue weighted by Crippen LogP contribution is 2.16. The number of benzene rings is 1. The summed E-state index contributed by atoms with van der Waals surface area (Å²) in [6, 6.07) is 7.24. The number of anilines is 1. The summed E-state index contributed by atoms with van der Waals surface area (Å²) in [5, 5.41) is 2.84. The molecule has 1 aromatic carbocycles. The van der Waals surface area contributed by atoms with Crippen molar-refractivity contribution in [2.75, 3.05) is 38.7 Å². The number of morpholine rings is 1. The van der Waals surface area contributed by atoms with Gasteiger partial charge < -0.3 is 20.5 Å². The van der Waals surface area contributed by atoms with Crippen molar-refractivity contribution in [3.63, 3.8) is 0 Å². The third kappa shape index (κ3) is 4.66. The molecular formula is C14H19N3O3S. The molecule has 1 fully saturated rings. The number of nitrogens with two attached hydrogens (primary N) is 1. The Morgan fingerprint density at radius 2 is 2.43 bits per heavy atom. The topological polar surface area (TPSA) is 76.8 Å². The molecule has 2 rings (SSSR count). The van der Waals surface area contributed by atoms with Crippen molar-refractivity contribution in [3.8, 4) is 5.75 Å². The number of rotatable bonds is 5. The van der Waals surface area contributed by atoms with Crippen molar-refractivity contribution in [3.05, 3.63) is 24.3 Å². The Labute approximate surface area is 129 Å². The van der Waals surface area contributed by atoms with Gasteiger partial charge in [0.25, 0.3) is 0 Å². The average Bonchev–Trinajstić information content (AvgIpc) is 2.47. The molecule has 0 radical (unpaired) electrons. The molecule has 0 aliphatic carbocycles. The summed E-state index contributed by atoms with van der Waals surface area (Å²) < 4.78 is 10.6. The third-order valence-electron chi connectivity index (χ3n) is 3.19. The van der Waals surface area contributed by atoms with Crippen LogP contribution in [-0.4, -0.2) is 55.3 Å². The first-order valence-electron chi connectivity index (χ1n) is 6.65. The Balaban J connectivity index is 1.87. The molecule has 1 unspecified atom stereocenters. The number of hydrogen-bond donors (Lipinski definition) is 2. The van der Waals surface area contributed by atoms with Gasteiger partial charge in [-0.2, -0.15) is 0 Å². The van der Waals surface area contributed by atoms with Gasteiger partial charge in [0.15, 0.2) is 0 Å². The Hall–Kier alpha value is -1.70. The minimum Gasteiger partial charge on any atom is -0.497 e. The number of ether oxygens (including phenoxy) is 2. The number of amides is 1. The molecule has 1 aromatic rings. The molecule has 0 aromatic heterocycles. The number of nitrogens with one attached hydrogen (secondary N) is 1. The summed E-state index contributed by atoms with van der Waals surface area (Å²) in [6.45, 7) is 2.03. The van der Waals surface area contributed by atoms with E-state index in [-0.39, 0.29) is 18.6 Å². The lowest BCUT2D eigenvalue weighted by molar-refractivity contribution is -0.118. The summed E-state index contributed by atoms with van der Waals surface area (Å²) >= 11 is 4.93. The smallest absolute Gasteiger partial charge is 0.238 e. The zero-order valence-electron chi connectivity index (χ0n) is 11.9. The van der Waals surface area contributed by atoms with Crippen LogP contribution in [0, 0.1) is 0 Å². The molecule has 1 heterocycles. The predicted molar refractivity (Wildman–Crippen MR) is 84.6 cm³/mol. The Kier molecular flexibility index (Phi) is 5.49. The molecule has 3 N–H and O–H groups in total. The third-order valence-corrected chi connectivity index (χ3v) is 3.45. The van der Waals surface area contributed by atoms with E-state index in [0.29, 0.717) is 36.1 Å².